The molecule has 0 amide bonds. The zero-order valence-electron chi connectivity index (χ0n) is 7.84. The van der Waals surface area contributed by atoms with Gasteiger partial charge in [0.15, 0.2) is 0 Å². The van der Waals surface area contributed by atoms with Gasteiger partial charge in [-0.25, -0.2) is 0 Å². The fourth-order valence-corrected chi connectivity index (χ4v) is 1.23. The molecule has 10 radical (unpaired) electrons. The van der Waals surface area contributed by atoms with Crippen LogP contribution in [0.25, 0.3) is 0 Å². The monoisotopic (exact) mass is 248 g/mol. The number of rotatable bonds is 2. The first-order chi connectivity index (χ1) is 6.43. The van der Waals surface area contributed by atoms with E-state index < -0.39 is 0 Å². The summed E-state index contributed by atoms with van der Waals surface area (Å²) in [5.41, 5.74) is 0. The van der Waals surface area contributed by atoms with Gasteiger partial charge in [-0.05, 0) is 70.1 Å². The molecule has 2 heteroatoms. The van der Waals surface area contributed by atoms with Gasteiger partial charge in [-0.15, -0.1) is 11.6 Å². The molecule has 2 rings (SSSR count). The molecule has 0 N–H and O–H groups in total. The molecule has 0 spiro atoms. The predicted octanol–water partition coefficient (Wildman–Crippen LogP) is 3.04. The maximum atomic E-state index is 5.49. The fraction of sp³-hybridized carbons (Fsp3) is 0.167. The molecule has 0 aromatic heterocycles. The Morgan fingerprint density at radius 2 is 1.21 bits per heavy atom. The van der Waals surface area contributed by atoms with Gasteiger partial charge in [-0.3, -0.25) is 0 Å². The Hall–Kier alpha value is 0.809. The van der Waals surface area contributed by atoms with Crippen molar-refractivity contribution in [1.29, 1.82) is 0 Å². The van der Waals surface area contributed by atoms with E-state index in [1.807, 2.05) is 44.9 Å². The summed E-state index contributed by atoms with van der Waals surface area (Å²) in [6, 6.07) is 0. The van der Waals surface area contributed by atoms with E-state index in [1.54, 1.807) is 0 Å². The second-order valence-corrected chi connectivity index (χ2v) is 3.07. The molecular weight excluding hydrogens is 235 g/mol. The van der Waals surface area contributed by atoms with Crippen LogP contribution in [0.2, 0.25) is 0 Å². The Labute approximate surface area is 105 Å². The quantitative estimate of drug-likeness (QED) is 0.520. The van der Waals surface area contributed by atoms with E-state index in [-0.39, 0.29) is 17.1 Å². The SMILES string of the molecule is ClCC[C]1[CH][CH][CH][CH]1.[CH]1[CH][CH][CH][CH]1.[Fe+2]. The van der Waals surface area contributed by atoms with Crippen molar-refractivity contribution < 1.29 is 17.1 Å². The molecular formula is C12H13ClFe+2. The van der Waals surface area contributed by atoms with Crippen LogP contribution in [0.5, 0.6) is 0 Å². The molecule has 0 bridgehead atoms. The van der Waals surface area contributed by atoms with Crippen LogP contribution in [0.15, 0.2) is 0 Å². The van der Waals surface area contributed by atoms with Crippen molar-refractivity contribution in [2.45, 2.75) is 6.42 Å². The molecule has 0 aromatic carbocycles. The third-order valence-corrected chi connectivity index (χ3v) is 1.86. The van der Waals surface area contributed by atoms with E-state index in [1.165, 1.54) is 5.92 Å². The summed E-state index contributed by atoms with van der Waals surface area (Å²) in [5.74, 6) is 2.06. The molecule has 0 aromatic rings. The van der Waals surface area contributed by atoms with Crippen LogP contribution in [-0.4, -0.2) is 5.88 Å². The van der Waals surface area contributed by atoms with E-state index in [2.05, 4.69) is 12.8 Å². The summed E-state index contributed by atoms with van der Waals surface area (Å²) in [4.78, 5) is 0. The molecule has 0 atom stereocenters. The average Bonchev–Trinajstić information content (AvgIpc) is 2.79. The largest absolute Gasteiger partial charge is 2.00 e. The van der Waals surface area contributed by atoms with Crippen LogP contribution in [0.4, 0.5) is 0 Å². The maximum absolute atomic E-state index is 5.49. The van der Waals surface area contributed by atoms with E-state index in [9.17, 15) is 0 Å². The second-order valence-electron chi connectivity index (χ2n) is 2.69. The number of halogens is 1. The van der Waals surface area contributed by atoms with E-state index >= 15 is 0 Å². The van der Waals surface area contributed by atoms with Gasteiger partial charge in [0, 0.05) is 5.88 Å². The minimum atomic E-state index is 0. The summed E-state index contributed by atoms with van der Waals surface area (Å²) < 4.78 is 0. The van der Waals surface area contributed by atoms with Gasteiger partial charge in [0.25, 0.3) is 0 Å². The van der Waals surface area contributed by atoms with Gasteiger partial charge in [0.05, 0.1) is 0 Å². The van der Waals surface area contributed by atoms with Crippen molar-refractivity contribution >= 4 is 11.6 Å². The Morgan fingerprint density at radius 3 is 1.57 bits per heavy atom. The third-order valence-electron chi connectivity index (χ3n) is 1.67. The van der Waals surface area contributed by atoms with Crippen LogP contribution in [0.3, 0.4) is 0 Å². The Balaban J connectivity index is 0.000000246. The van der Waals surface area contributed by atoms with Gasteiger partial charge < -0.3 is 0 Å². The summed E-state index contributed by atoms with van der Waals surface area (Å²) >= 11 is 5.49. The van der Waals surface area contributed by atoms with Gasteiger partial charge in [0.1, 0.15) is 0 Å². The Morgan fingerprint density at radius 1 is 0.786 bits per heavy atom. The predicted molar refractivity (Wildman–Crippen MR) is 57.3 cm³/mol. The van der Waals surface area contributed by atoms with Crippen molar-refractivity contribution in [2.75, 3.05) is 5.88 Å². The normalized spacial score (nSPS) is 21.2. The molecule has 0 unspecified atom stereocenters. The van der Waals surface area contributed by atoms with Crippen LogP contribution in [-0.2, 0) is 17.1 Å². The minimum absolute atomic E-state index is 0. The molecule has 2 saturated carbocycles. The van der Waals surface area contributed by atoms with Crippen molar-refractivity contribution in [3.63, 3.8) is 0 Å². The number of alkyl halides is 1. The van der Waals surface area contributed by atoms with Crippen LogP contribution in [0.1, 0.15) is 6.42 Å². The zero-order chi connectivity index (χ0) is 9.36. The average molecular weight is 249 g/mol. The van der Waals surface area contributed by atoms with Crippen molar-refractivity contribution in [1.82, 2.24) is 0 Å². The third kappa shape index (κ3) is 7.15. The van der Waals surface area contributed by atoms with E-state index in [4.69, 9.17) is 11.6 Å². The first-order valence-corrected chi connectivity index (χ1v) is 4.90. The fourth-order valence-electron chi connectivity index (χ4n) is 1.01. The molecule has 0 saturated heterocycles. The van der Waals surface area contributed by atoms with Gasteiger partial charge >= 0.3 is 17.1 Å². The van der Waals surface area contributed by atoms with E-state index in [0.717, 1.165) is 12.3 Å². The number of hydrogen-bond donors (Lipinski definition) is 0. The maximum Gasteiger partial charge on any atom is 2.00 e. The van der Waals surface area contributed by atoms with Crippen LogP contribution < -0.4 is 0 Å². The Bertz CT molecular complexity index is 99.3. The van der Waals surface area contributed by atoms with E-state index in [0.29, 0.717) is 0 Å². The molecule has 0 nitrogen and oxygen atoms in total. The molecule has 14 heavy (non-hydrogen) atoms. The van der Waals surface area contributed by atoms with Crippen LogP contribution in [0, 0.1) is 63.7 Å². The van der Waals surface area contributed by atoms with Crippen LogP contribution >= 0.6 is 11.6 Å². The standard InChI is InChI=1S/C7H8Cl.C5H5.Fe/c8-6-5-7-3-1-2-4-7;1-2-4-5-3-1;/h1-4H,5-6H2;1-5H;/q;;+2. The second kappa shape index (κ2) is 10.3. The van der Waals surface area contributed by atoms with Gasteiger partial charge in [-0.1, -0.05) is 0 Å². The molecule has 74 valence electrons. The first kappa shape index (κ1) is 14.8. The molecule has 0 aliphatic heterocycles. The summed E-state index contributed by atoms with van der Waals surface area (Å²) in [5, 5.41) is 0. The summed E-state index contributed by atoms with van der Waals surface area (Å²) in [7, 11) is 0. The first-order valence-electron chi connectivity index (χ1n) is 4.36. The topological polar surface area (TPSA) is 0 Å². The summed E-state index contributed by atoms with van der Waals surface area (Å²) in [6.45, 7) is 0. The van der Waals surface area contributed by atoms with Gasteiger partial charge in [0.2, 0.25) is 0 Å². The van der Waals surface area contributed by atoms with Gasteiger partial charge in [-0.2, -0.15) is 0 Å². The van der Waals surface area contributed by atoms with Crippen molar-refractivity contribution in [3.8, 4) is 0 Å². The van der Waals surface area contributed by atoms with Crippen molar-refractivity contribution in [3.05, 3.63) is 63.7 Å². The van der Waals surface area contributed by atoms with Crippen molar-refractivity contribution in [2.24, 2.45) is 0 Å². The molecule has 2 aliphatic rings. The molecule has 2 aliphatic carbocycles. The number of hydrogen-bond acceptors (Lipinski definition) is 0. The smallest absolute Gasteiger partial charge is 0.127 e. The molecule has 0 heterocycles. The zero-order valence-corrected chi connectivity index (χ0v) is 9.70. The Kier molecular flexibility index (Phi) is 10.9. The molecule has 2 fully saturated rings. The minimum Gasteiger partial charge on any atom is -0.127 e. The summed E-state index contributed by atoms with van der Waals surface area (Å²) in [6.07, 6.45) is 19.2.